The van der Waals surface area contributed by atoms with E-state index in [1.807, 2.05) is 0 Å². The summed E-state index contributed by atoms with van der Waals surface area (Å²) in [4.78, 5) is 0. The van der Waals surface area contributed by atoms with Crippen molar-refractivity contribution in [2.75, 3.05) is 37.9 Å². The monoisotopic (exact) mass is 424 g/mol. The van der Waals surface area contributed by atoms with Gasteiger partial charge in [-0.2, -0.15) is 8.42 Å². The molecule has 0 aromatic carbocycles. The van der Waals surface area contributed by atoms with Gasteiger partial charge in [-0.25, -0.2) is 13.0 Å². The van der Waals surface area contributed by atoms with Crippen LogP contribution in [0.2, 0.25) is 0 Å². The Balaban J connectivity index is 4.37. The summed E-state index contributed by atoms with van der Waals surface area (Å²) in [7, 11) is -9.99. The molecule has 0 radical (unpaired) electrons. The first-order chi connectivity index (χ1) is 11.5. The molecule has 0 aliphatic heterocycles. The second-order valence-corrected chi connectivity index (χ2v) is 10.5. The van der Waals surface area contributed by atoms with E-state index < -0.39 is 34.1 Å². The summed E-state index contributed by atoms with van der Waals surface area (Å²) >= 11 is 0. The molecule has 25 heavy (non-hydrogen) atoms. The van der Waals surface area contributed by atoms with E-state index in [1.54, 1.807) is 27.7 Å². The zero-order valence-electron chi connectivity index (χ0n) is 15.1. The highest BCUT2D eigenvalue weighted by atomic mass is 32.2. The van der Waals surface area contributed by atoms with Crippen molar-refractivity contribution in [3.63, 3.8) is 0 Å². The molecule has 0 fully saturated rings. The van der Waals surface area contributed by atoms with E-state index in [9.17, 15) is 21.4 Å². The van der Waals surface area contributed by atoms with Crippen LogP contribution in [0.4, 0.5) is 0 Å². The van der Waals surface area contributed by atoms with E-state index in [0.29, 0.717) is 6.42 Å². The van der Waals surface area contributed by atoms with Gasteiger partial charge in [-0.05, 0) is 32.1 Å². The molecule has 9 nitrogen and oxygen atoms in total. The second kappa shape index (κ2) is 11.6. The van der Waals surface area contributed by atoms with Gasteiger partial charge in [0.05, 0.1) is 32.2 Å². The lowest BCUT2D eigenvalue weighted by atomic mass is 9.91. The fourth-order valence-electron chi connectivity index (χ4n) is 1.61. The minimum Gasteiger partial charge on any atom is -0.287 e. The lowest BCUT2D eigenvalue weighted by Crippen LogP contribution is -2.25. The minimum absolute atomic E-state index is 0.00350. The molecule has 0 saturated carbocycles. The zero-order valence-corrected chi connectivity index (χ0v) is 17.7. The summed E-state index contributed by atoms with van der Waals surface area (Å²) in [6.45, 7) is 7.18. The van der Waals surface area contributed by atoms with Gasteiger partial charge in [0.25, 0.3) is 10.1 Å². The van der Waals surface area contributed by atoms with Gasteiger partial charge in [-0.1, -0.05) is 13.8 Å². The average molecular weight is 424 g/mol. The highest BCUT2D eigenvalue weighted by molar-refractivity contribution is 7.86. The summed E-state index contributed by atoms with van der Waals surface area (Å²) in [5.74, 6) is -0.550. The van der Waals surface area contributed by atoms with Gasteiger partial charge in [-0.3, -0.25) is 17.8 Å². The van der Waals surface area contributed by atoms with E-state index in [0.717, 1.165) is 0 Å². The van der Waals surface area contributed by atoms with Crippen molar-refractivity contribution < 1.29 is 39.2 Å². The molecule has 12 heteroatoms. The molecule has 0 bridgehead atoms. The van der Waals surface area contributed by atoms with Crippen LogP contribution in [0, 0.1) is 5.41 Å². The van der Waals surface area contributed by atoms with Gasteiger partial charge in [0.15, 0.2) is 0 Å². The van der Waals surface area contributed by atoms with E-state index in [-0.39, 0.29) is 44.4 Å². The normalized spacial score (nSPS) is 13.5. The van der Waals surface area contributed by atoms with Crippen molar-refractivity contribution in [1.29, 1.82) is 0 Å². The molecule has 0 rings (SSSR count). The Labute approximate surface area is 152 Å². The molecule has 0 atom stereocenters. The van der Waals surface area contributed by atoms with Crippen LogP contribution in [0.5, 0.6) is 0 Å². The van der Waals surface area contributed by atoms with Crippen molar-refractivity contribution in [2.24, 2.45) is 5.41 Å². The third-order valence-electron chi connectivity index (χ3n) is 2.97. The predicted molar refractivity (Wildman–Crippen MR) is 94.7 cm³/mol. The Morgan fingerprint density at radius 2 is 1.60 bits per heavy atom. The van der Waals surface area contributed by atoms with E-state index >= 15 is 0 Å². The highest BCUT2D eigenvalue weighted by Gasteiger charge is 2.28. The number of hydrogen-bond donors (Lipinski definition) is 1. The molecular weight excluding hydrogens is 395 g/mol. The first-order valence-electron chi connectivity index (χ1n) is 7.98. The summed E-state index contributed by atoms with van der Waals surface area (Å²) in [5, 5.41) is 0. The molecule has 0 saturated heterocycles. The largest absolute Gasteiger partial charge is 0.474 e. The lowest BCUT2D eigenvalue weighted by Gasteiger charge is -2.25. The van der Waals surface area contributed by atoms with E-state index in [2.05, 4.69) is 0 Å². The Kier molecular flexibility index (Phi) is 11.6. The minimum atomic E-state index is -3.79. The van der Waals surface area contributed by atoms with Crippen LogP contribution in [-0.2, 0) is 43.1 Å². The quantitative estimate of drug-likeness (QED) is 0.239. The highest BCUT2D eigenvalue weighted by Crippen LogP contribution is 2.49. The molecule has 0 aliphatic carbocycles. The summed E-state index contributed by atoms with van der Waals surface area (Å²) < 4.78 is 76.6. The maximum Gasteiger partial charge on any atom is 0.474 e. The van der Waals surface area contributed by atoms with Gasteiger partial charge in [0.1, 0.15) is 10.7 Å². The zero-order chi connectivity index (χ0) is 19.6. The smallest absolute Gasteiger partial charge is 0.287 e. The van der Waals surface area contributed by atoms with E-state index in [1.165, 1.54) is 0 Å². The van der Waals surface area contributed by atoms with Crippen LogP contribution < -0.4 is 0 Å². The first-order valence-corrected chi connectivity index (χ1v) is 12.4. The van der Waals surface area contributed by atoms with Crippen molar-refractivity contribution in [3.05, 3.63) is 0 Å². The molecule has 0 heterocycles. The third-order valence-corrected chi connectivity index (χ3v) is 6.56. The van der Waals surface area contributed by atoms with Crippen LogP contribution >= 0.6 is 7.82 Å². The maximum absolute atomic E-state index is 12.1. The summed E-state index contributed by atoms with van der Waals surface area (Å²) in [6.07, 6.45) is 0.357. The molecule has 0 unspecified atom stereocenters. The average Bonchev–Trinajstić information content (AvgIpc) is 2.45. The maximum atomic E-state index is 12.1. The molecule has 0 N–H and O–H groups in total. The number of thiol groups is 1. The Morgan fingerprint density at radius 3 is 2.08 bits per heavy atom. The van der Waals surface area contributed by atoms with Crippen LogP contribution in [0.1, 0.15) is 40.5 Å². The number of hydrogen-bond acceptors (Lipinski definition) is 9. The summed E-state index contributed by atoms with van der Waals surface area (Å²) in [5.41, 5.74) is -0.569. The number of phosphoric ester groups is 1. The van der Waals surface area contributed by atoms with Crippen molar-refractivity contribution >= 4 is 28.6 Å². The Hall–Kier alpha value is -0.0300. The van der Waals surface area contributed by atoms with Gasteiger partial charge >= 0.3 is 7.82 Å². The first kappa shape index (κ1) is 25.0. The number of phosphoric acid groups is 1. The van der Waals surface area contributed by atoms with Gasteiger partial charge in [-0.15, -0.1) is 0 Å². The fourth-order valence-corrected chi connectivity index (χ4v) is 4.53. The van der Waals surface area contributed by atoms with Gasteiger partial charge < -0.3 is 0 Å². The van der Waals surface area contributed by atoms with Gasteiger partial charge in [0.2, 0.25) is 0 Å². The van der Waals surface area contributed by atoms with Crippen molar-refractivity contribution in [1.82, 2.24) is 0 Å². The molecule has 0 aromatic heterocycles. The Bertz CT molecular complexity index is 581. The standard InChI is InChI=1S/C13H29O9PS2/c1-5-19-23(14,20-6-2)21-9-8-13(3,4)12-22-25(17,18)11-7-10-24(15)16/h24H,5-12H2,1-4H3. The SMILES string of the molecule is CCOP(=O)(OCC)OCCC(C)(C)COS(=O)(=O)CCC[SH](=O)=O. The van der Waals surface area contributed by atoms with Crippen LogP contribution in [0.25, 0.3) is 0 Å². The van der Waals surface area contributed by atoms with Crippen molar-refractivity contribution in [2.45, 2.75) is 40.5 Å². The van der Waals surface area contributed by atoms with E-state index in [4.69, 9.17) is 17.8 Å². The van der Waals surface area contributed by atoms with Crippen LogP contribution in [-0.4, -0.2) is 54.8 Å². The molecule has 0 amide bonds. The predicted octanol–water partition coefficient (Wildman–Crippen LogP) is 1.95. The molecular formula is C13H29O9PS2. The summed E-state index contributed by atoms with van der Waals surface area (Å²) in [6, 6.07) is 0. The number of rotatable bonds is 15. The lowest BCUT2D eigenvalue weighted by molar-refractivity contribution is 0.0962. The molecule has 0 aromatic rings. The third kappa shape index (κ3) is 12.9. The van der Waals surface area contributed by atoms with Crippen LogP contribution in [0.15, 0.2) is 0 Å². The topological polar surface area (TPSA) is 122 Å². The van der Waals surface area contributed by atoms with Gasteiger partial charge in [0, 0.05) is 5.75 Å². The Morgan fingerprint density at radius 1 is 1.04 bits per heavy atom. The molecule has 0 aliphatic rings. The molecule has 0 spiro atoms. The molecule has 152 valence electrons. The van der Waals surface area contributed by atoms with Crippen LogP contribution in [0.3, 0.4) is 0 Å². The fraction of sp³-hybridized carbons (Fsp3) is 1.00. The second-order valence-electron chi connectivity index (χ2n) is 5.96. The van der Waals surface area contributed by atoms with Crippen molar-refractivity contribution in [3.8, 4) is 0 Å².